The van der Waals surface area contributed by atoms with Crippen molar-refractivity contribution in [1.29, 1.82) is 0 Å². The third-order valence-electron chi connectivity index (χ3n) is 3.20. The van der Waals surface area contributed by atoms with Gasteiger partial charge in [0.1, 0.15) is 0 Å². The molecule has 2 unspecified atom stereocenters. The van der Waals surface area contributed by atoms with Crippen LogP contribution < -0.4 is 10.6 Å². The predicted molar refractivity (Wildman–Crippen MR) is 67.2 cm³/mol. The number of carbonyl (C=O) groups is 1. The molecular weight excluding hydrogens is 200 g/mol. The molecule has 0 bridgehead atoms. The van der Waals surface area contributed by atoms with Crippen molar-refractivity contribution in [1.82, 2.24) is 10.6 Å². The van der Waals surface area contributed by atoms with Crippen LogP contribution in [-0.4, -0.2) is 24.5 Å². The maximum absolute atomic E-state index is 11.3. The van der Waals surface area contributed by atoms with Crippen molar-refractivity contribution >= 4 is 5.91 Å². The summed E-state index contributed by atoms with van der Waals surface area (Å²) < 4.78 is 0. The van der Waals surface area contributed by atoms with Gasteiger partial charge < -0.3 is 10.6 Å². The van der Waals surface area contributed by atoms with Crippen LogP contribution in [0.15, 0.2) is 12.2 Å². The number of rotatable bonds is 7. The molecule has 1 aliphatic rings. The van der Waals surface area contributed by atoms with Crippen LogP contribution in [0.3, 0.4) is 0 Å². The van der Waals surface area contributed by atoms with Crippen LogP contribution in [0.25, 0.3) is 0 Å². The second kappa shape index (κ2) is 5.48. The minimum absolute atomic E-state index is 0.0253. The van der Waals surface area contributed by atoms with Gasteiger partial charge in [-0.1, -0.05) is 19.9 Å². The Morgan fingerprint density at radius 2 is 2.25 bits per heavy atom. The van der Waals surface area contributed by atoms with Crippen LogP contribution in [0.4, 0.5) is 0 Å². The van der Waals surface area contributed by atoms with E-state index >= 15 is 0 Å². The molecule has 0 aromatic heterocycles. The predicted octanol–water partition coefficient (Wildman–Crippen LogP) is 1.85. The number of carbonyl (C=O) groups excluding carboxylic acids is 1. The summed E-state index contributed by atoms with van der Waals surface area (Å²) in [5, 5.41) is 6.26. The summed E-state index contributed by atoms with van der Waals surface area (Å²) in [6.45, 7) is 11.7. The Morgan fingerprint density at radius 1 is 1.62 bits per heavy atom. The first kappa shape index (κ1) is 13.2. The monoisotopic (exact) mass is 224 g/mol. The highest BCUT2D eigenvalue weighted by Crippen LogP contribution is 2.24. The van der Waals surface area contributed by atoms with Gasteiger partial charge in [-0.15, -0.1) is 0 Å². The summed E-state index contributed by atoms with van der Waals surface area (Å²) >= 11 is 0. The molecule has 0 spiro atoms. The lowest BCUT2D eigenvalue weighted by Gasteiger charge is -2.13. The van der Waals surface area contributed by atoms with E-state index in [1.165, 1.54) is 19.3 Å². The molecule has 1 saturated heterocycles. The minimum Gasteiger partial charge on any atom is -0.352 e. The molecule has 1 fully saturated rings. The normalized spacial score (nSPS) is 24.9. The fourth-order valence-corrected chi connectivity index (χ4v) is 1.69. The Bertz CT molecular complexity index is 269. The Morgan fingerprint density at radius 3 is 2.75 bits per heavy atom. The van der Waals surface area contributed by atoms with Crippen molar-refractivity contribution in [2.24, 2.45) is 5.92 Å². The summed E-state index contributed by atoms with van der Waals surface area (Å²) in [6.07, 6.45) is 3.65. The van der Waals surface area contributed by atoms with Gasteiger partial charge in [-0.2, -0.15) is 0 Å². The Kier molecular flexibility index (Phi) is 4.54. The van der Waals surface area contributed by atoms with Crippen LogP contribution in [0.2, 0.25) is 0 Å². The van der Waals surface area contributed by atoms with Crippen molar-refractivity contribution in [3.8, 4) is 0 Å². The first-order valence-electron chi connectivity index (χ1n) is 6.12. The lowest BCUT2D eigenvalue weighted by Crippen LogP contribution is -2.28. The summed E-state index contributed by atoms with van der Waals surface area (Å²) in [5.74, 6) is 0.522. The van der Waals surface area contributed by atoms with E-state index in [0.717, 1.165) is 13.1 Å². The molecule has 1 amide bonds. The third-order valence-corrected chi connectivity index (χ3v) is 3.20. The highest BCUT2D eigenvalue weighted by Gasteiger charge is 2.35. The number of nitrogens with one attached hydrogen (secondary N) is 2. The van der Waals surface area contributed by atoms with Crippen molar-refractivity contribution in [2.75, 3.05) is 13.1 Å². The van der Waals surface area contributed by atoms with E-state index in [2.05, 4.69) is 31.1 Å². The molecule has 2 atom stereocenters. The molecule has 0 aliphatic carbocycles. The average molecular weight is 224 g/mol. The second-order valence-electron chi connectivity index (χ2n) is 5.40. The molecule has 0 aromatic carbocycles. The zero-order chi connectivity index (χ0) is 12.2. The van der Waals surface area contributed by atoms with Crippen LogP contribution in [0.5, 0.6) is 0 Å². The Balaban J connectivity index is 2.04. The van der Waals surface area contributed by atoms with E-state index < -0.39 is 0 Å². The fraction of sp³-hybridized carbons (Fsp3) is 0.769. The van der Waals surface area contributed by atoms with E-state index in [0.29, 0.717) is 17.0 Å². The molecule has 0 saturated carbocycles. The first-order chi connectivity index (χ1) is 7.43. The first-order valence-corrected chi connectivity index (χ1v) is 6.12. The Labute approximate surface area is 98.7 Å². The van der Waals surface area contributed by atoms with E-state index in [9.17, 15) is 4.79 Å². The highest BCUT2D eigenvalue weighted by atomic mass is 16.1. The maximum atomic E-state index is 11.3. The van der Waals surface area contributed by atoms with Gasteiger partial charge in [-0.3, -0.25) is 4.79 Å². The molecule has 3 nitrogen and oxygen atoms in total. The van der Waals surface area contributed by atoms with Gasteiger partial charge in [0.2, 0.25) is 5.91 Å². The van der Waals surface area contributed by atoms with E-state index in [-0.39, 0.29) is 5.91 Å². The van der Waals surface area contributed by atoms with Gasteiger partial charge in [0.05, 0.1) is 0 Å². The molecule has 0 aromatic rings. The van der Waals surface area contributed by atoms with Crippen molar-refractivity contribution in [2.45, 2.75) is 45.6 Å². The van der Waals surface area contributed by atoms with E-state index in [4.69, 9.17) is 0 Å². The lowest BCUT2D eigenvalue weighted by molar-refractivity contribution is -0.117. The fourth-order valence-electron chi connectivity index (χ4n) is 1.69. The third kappa shape index (κ3) is 4.79. The van der Waals surface area contributed by atoms with Gasteiger partial charge in [0.25, 0.3) is 0 Å². The second-order valence-corrected chi connectivity index (χ2v) is 5.40. The van der Waals surface area contributed by atoms with Crippen LogP contribution in [0.1, 0.15) is 40.0 Å². The summed E-state index contributed by atoms with van der Waals surface area (Å²) in [6, 6.07) is 0. The standard InChI is InChI=1S/C13H24N2O/c1-10(2)12(16)14-8-11(3)6-5-7-13(4)9-15-13/h11,15H,1,5-9H2,2-4H3,(H,14,16). The topological polar surface area (TPSA) is 51.0 Å². The van der Waals surface area contributed by atoms with Crippen LogP contribution in [-0.2, 0) is 4.79 Å². The lowest BCUT2D eigenvalue weighted by atomic mass is 9.98. The Hall–Kier alpha value is -0.830. The molecule has 92 valence electrons. The average Bonchev–Trinajstić information content (AvgIpc) is 2.93. The van der Waals surface area contributed by atoms with E-state index in [1.807, 2.05) is 0 Å². The van der Waals surface area contributed by atoms with Crippen molar-refractivity contribution in [3.63, 3.8) is 0 Å². The zero-order valence-corrected chi connectivity index (χ0v) is 10.7. The van der Waals surface area contributed by atoms with Gasteiger partial charge >= 0.3 is 0 Å². The van der Waals surface area contributed by atoms with Gasteiger partial charge in [0, 0.05) is 24.2 Å². The maximum Gasteiger partial charge on any atom is 0.246 e. The van der Waals surface area contributed by atoms with Crippen LogP contribution >= 0.6 is 0 Å². The van der Waals surface area contributed by atoms with Crippen molar-refractivity contribution < 1.29 is 4.79 Å². The molecular formula is C13H24N2O. The molecule has 16 heavy (non-hydrogen) atoms. The summed E-state index contributed by atoms with van der Waals surface area (Å²) in [7, 11) is 0. The summed E-state index contributed by atoms with van der Waals surface area (Å²) in [5.41, 5.74) is 1.00. The molecule has 1 aliphatic heterocycles. The van der Waals surface area contributed by atoms with E-state index in [1.54, 1.807) is 6.92 Å². The smallest absolute Gasteiger partial charge is 0.246 e. The molecule has 0 radical (unpaired) electrons. The highest BCUT2D eigenvalue weighted by molar-refractivity contribution is 5.92. The summed E-state index contributed by atoms with van der Waals surface area (Å²) in [4.78, 5) is 11.3. The number of amides is 1. The molecule has 1 heterocycles. The molecule has 3 heteroatoms. The minimum atomic E-state index is -0.0253. The van der Waals surface area contributed by atoms with Gasteiger partial charge in [0.15, 0.2) is 0 Å². The molecule has 1 rings (SSSR count). The quantitative estimate of drug-likeness (QED) is 0.512. The molecule has 2 N–H and O–H groups in total. The largest absolute Gasteiger partial charge is 0.352 e. The van der Waals surface area contributed by atoms with Crippen LogP contribution in [0, 0.1) is 5.92 Å². The number of hydrogen-bond acceptors (Lipinski definition) is 2. The van der Waals surface area contributed by atoms with Gasteiger partial charge in [-0.25, -0.2) is 0 Å². The zero-order valence-electron chi connectivity index (χ0n) is 10.7. The number of hydrogen-bond donors (Lipinski definition) is 2. The SMILES string of the molecule is C=C(C)C(=O)NCC(C)CCCC1(C)CN1. The van der Waals surface area contributed by atoms with Gasteiger partial charge in [-0.05, 0) is 32.6 Å². The van der Waals surface area contributed by atoms with Crippen molar-refractivity contribution in [3.05, 3.63) is 12.2 Å².